The third-order valence-electron chi connectivity index (χ3n) is 3.93. The molecule has 1 N–H and O–H groups in total. The van der Waals surface area contributed by atoms with E-state index in [2.05, 4.69) is 5.32 Å². The lowest BCUT2D eigenvalue weighted by atomic mass is 10.1. The molecule has 23 heavy (non-hydrogen) atoms. The van der Waals surface area contributed by atoms with Crippen LogP contribution in [0.2, 0.25) is 0 Å². The zero-order valence-corrected chi connectivity index (χ0v) is 13.1. The standard InChI is InChI=1S/C18H18N2O3/c1-12(18(22)19-10-14-6-5-9-23-14)20-11-16(13(2)21)15-7-3-4-8-17(15)20/h3-9,11-12H,10H2,1-2H3,(H,19,22). The lowest BCUT2D eigenvalue weighted by Crippen LogP contribution is -2.30. The number of fused-ring (bicyclic) bond motifs is 1. The maximum absolute atomic E-state index is 12.4. The van der Waals surface area contributed by atoms with Gasteiger partial charge in [-0.25, -0.2) is 0 Å². The van der Waals surface area contributed by atoms with E-state index in [4.69, 9.17) is 4.42 Å². The highest BCUT2D eigenvalue weighted by atomic mass is 16.3. The van der Waals surface area contributed by atoms with Gasteiger partial charge in [0.1, 0.15) is 11.8 Å². The van der Waals surface area contributed by atoms with Crippen LogP contribution in [0, 0.1) is 0 Å². The van der Waals surface area contributed by atoms with Gasteiger partial charge in [-0.15, -0.1) is 0 Å². The molecule has 0 fully saturated rings. The Morgan fingerprint density at radius 1 is 1.22 bits per heavy atom. The van der Waals surface area contributed by atoms with Crippen molar-refractivity contribution in [3.8, 4) is 0 Å². The fourth-order valence-electron chi connectivity index (χ4n) is 2.67. The Labute approximate surface area is 133 Å². The van der Waals surface area contributed by atoms with E-state index >= 15 is 0 Å². The van der Waals surface area contributed by atoms with Gasteiger partial charge in [-0.05, 0) is 32.0 Å². The van der Waals surface area contributed by atoms with E-state index < -0.39 is 6.04 Å². The smallest absolute Gasteiger partial charge is 0.243 e. The van der Waals surface area contributed by atoms with Crippen molar-refractivity contribution in [2.24, 2.45) is 0 Å². The summed E-state index contributed by atoms with van der Waals surface area (Å²) in [7, 11) is 0. The molecule has 3 rings (SSSR count). The fourth-order valence-corrected chi connectivity index (χ4v) is 2.67. The van der Waals surface area contributed by atoms with Gasteiger partial charge in [0.25, 0.3) is 0 Å². The Bertz CT molecular complexity index is 846. The number of amides is 1. The van der Waals surface area contributed by atoms with Crippen molar-refractivity contribution in [1.82, 2.24) is 9.88 Å². The van der Waals surface area contributed by atoms with Gasteiger partial charge in [-0.3, -0.25) is 9.59 Å². The molecule has 0 saturated heterocycles. The Hall–Kier alpha value is -2.82. The molecule has 1 aromatic carbocycles. The second kappa shape index (κ2) is 6.12. The first-order valence-corrected chi connectivity index (χ1v) is 7.48. The van der Waals surface area contributed by atoms with Gasteiger partial charge < -0.3 is 14.3 Å². The largest absolute Gasteiger partial charge is 0.467 e. The first-order valence-electron chi connectivity index (χ1n) is 7.48. The molecule has 0 bridgehead atoms. The Morgan fingerprint density at radius 2 is 2.00 bits per heavy atom. The van der Waals surface area contributed by atoms with Gasteiger partial charge in [0.2, 0.25) is 5.91 Å². The molecule has 2 heterocycles. The molecule has 0 radical (unpaired) electrons. The number of hydrogen-bond acceptors (Lipinski definition) is 3. The number of rotatable bonds is 5. The van der Waals surface area contributed by atoms with Crippen LogP contribution < -0.4 is 5.32 Å². The molecule has 1 amide bonds. The molecule has 5 heteroatoms. The van der Waals surface area contributed by atoms with Gasteiger partial charge >= 0.3 is 0 Å². The molecule has 1 unspecified atom stereocenters. The van der Waals surface area contributed by atoms with Gasteiger partial charge in [-0.2, -0.15) is 0 Å². The summed E-state index contributed by atoms with van der Waals surface area (Å²) in [6, 6.07) is 10.8. The Kier molecular flexibility index (Phi) is 4.02. The maximum Gasteiger partial charge on any atom is 0.243 e. The van der Waals surface area contributed by atoms with Crippen LogP contribution in [0.15, 0.2) is 53.3 Å². The lowest BCUT2D eigenvalue weighted by Gasteiger charge is -2.14. The molecule has 0 aliphatic heterocycles. The minimum Gasteiger partial charge on any atom is -0.467 e. The number of carbonyl (C=O) groups is 2. The van der Waals surface area contributed by atoms with E-state index in [0.29, 0.717) is 17.9 Å². The normalized spacial score (nSPS) is 12.3. The monoisotopic (exact) mass is 310 g/mol. The third kappa shape index (κ3) is 2.90. The topological polar surface area (TPSA) is 64.2 Å². The summed E-state index contributed by atoms with van der Waals surface area (Å²) >= 11 is 0. The minimum absolute atomic E-state index is 0.0110. The quantitative estimate of drug-likeness (QED) is 0.735. The van der Waals surface area contributed by atoms with E-state index in [0.717, 1.165) is 10.9 Å². The number of aromatic nitrogens is 1. The number of furan rings is 1. The number of Topliss-reactive ketones (excluding diaryl/α,β-unsaturated/α-hetero) is 1. The summed E-state index contributed by atoms with van der Waals surface area (Å²) in [5.74, 6) is 0.563. The molecule has 0 aliphatic rings. The van der Waals surface area contributed by atoms with Crippen molar-refractivity contribution >= 4 is 22.6 Å². The summed E-state index contributed by atoms with van der Waals surface area (Å²) in [6.45, 7) is 3.69. The molecule has 0 saturated carbocycles. The van der Waals surface area contributed by atoms with Crippen LogP contribution in [-0.2, 0) is 11.3 Å². The number of hydrogen-bond donors (Lipinski definition) is 1. The molecular formula is C18H18N2O3. The van der Waals surface area contributed by atoms with Crippen molar-refractivity contribution in [2.75, 3.05) is 0 Å². The second-order valence-electron chi connectivity index (χ2n) is 5.50. The average molecular weight is 310 g/mol. The van der Waals surface area contributed by atoms with Crippen LogP contribution in [0.4, 0.5) is 0 Å². The number of benzene rings is 1. The summed E-state index contributed by atoms with van der Waals surface area (Å²) in [5.41, 5.74) is 1.50. The fraction of sp³-hybridized carbons (Fsp3) is 0.222. The van der Waals surface area contributed by atoms with Crippen molar-refractivity contribution in [3.63, 3.8) is 0 Å². The zero-order valence-electron chi connectivity index (χ0n) is 13.1. The average Bonchev–Trinajstić information content (AvgIpc) is 3.19. The number of para-hydroxylation sites is 1. The van der Waals surface area contributed by atoms with Crippen LogP contribution >= 0.6 is 0 Å². The third-order valence-corrected chi connectivity index (χ3v) is 3.93. The molecule has 3 aromatic rings. The highest BCUT2D eigenvalue weighted by Crippen LogP contribution is 2.25. The molecule has 5 nitrogen and oxygen atoms in total. The maximum atomic E-state index is 12.4. The highest BCUT2D eigenvalue weighted by molar-refractivity contribution is 6.07. The number of nitrogens with zero attached hydrogens (tertiary/aromatic N) is 1. The Morgan fingerprint density at radius 3 is 2.70 bits per heavy atom. The van der Waals surface area contributed by atoms with Gasteiger partial charge in [-0.1, -0.05) is 18.2 Å². The zero-order chi connectivity index (χ0) is 16.4. The van der Waals surface area contributed by atoms with E-state index in [1.54, 1.807) is 18.5 Å². The van der Waals surface area contributed by atoms with Crippen LogP contribution in [0.3, 0.4) is 0 Å². The second-order valence-corrected chi connectivity index (χ2v) is 5.50. The summed E-state index contributed by atoms with van der Waals surface area (Å²) in [5, 5.41) is 3.71. The first kappa shape index (κ1) is 15.1. The van der Waals surface area contributed by atoms with Crippen molar-refractivity contribution in [2.45, 2.75) is 26.4 Å². The minimum atomic E-state index is -0.428. The van der Waals surface area contributed by atoms with Crippen LogP contribution in [0.1, 0.15) is 36.0 Å². The van der Waals surface area contributed by atoms with Gasteiger partial charge in [0.05, 0.1) is 12.8 Å². The molecule has 0 aliphatic carbocycles. The predicted molar refractivity (Wildman–Crippen MR) is 87.2 cm³/mol. The van der Waals surface area contributed by atoms with Gasteiger partial charge in [0.15, 0.2) is 5.78 Å². The number of ketones is 1. The highest BCUT2D eigenvalue weighted by Gasteiger charge is 2.20. The van der Waals surface area contributed by atoms with Crippen molar-refractivity contribution < 1.29 is 14.0 Å². The summed E-state index contributed by atoms with van der Waals surface area (Å²) in [6.07, 6.45) is 3.33. The molecule has 2 aromatic heterocycles. The van der Waals surface area contributed by atoms with Crippen molar-refractivity contribution in [1.29, 1.82) is 0 Å². The molecule has 1 atom stereocenters. The molecule has 118 valence electrons. The summed E-state index contributed by atoms with van der Waals surface area (Å²) < 4.78 is 7.05. The van der Waals surface area contributed by atoms with Crippen LogP contribution in [-0.4, -0.2) is 16.3 Å². The van der Waals surface area contributed by atoms with Crippen LogP contribution in [0.25, 0.3) is 10.9 Å². The number of nitrogens with one attached hydrogen (secondary N) is 1. The Balaban J connectivity index is 1.87. The van der Waals surface area contributed by atoms with E-state index in [1.165, 1.54) is 6.92 Å². The van der Waals surface area contributed by atoms with E-state index in [-0.39, 0.29) is 11.7 Å². The molecular weight excluding hydrogens is 292 g/mol. The van der Waals surface area contributed by atoms with E-state index in [9.17, 15) is 9.59 Å². The van der Waals surface area contributed by atoms with Crippen LogP contribution in [0.5, 0.6) is 0 Å². The number of carbonyl (C=O) groups excluding carboxylic acids is 2. The first-order chi connectivity index (χ1) is 11.1. The van der Waals surface area contributed by atoms with E-state index in [1.807, 2.05) is 41.8 Å². The molecule has 0 spiro atoms. The SMILES string of the molecule is CC(=O)c1cn(C(C)C(=O)NCc2ccco2)c2ccccc12. The summed E-state index contributed by atoms with van der Waals surface area (Å²) in [4.78, 5) is 24.2. The predicted octanol–water partition coefficient (Wildman–Crippen LogP) is 3.31. The van der Waals surface area contributed by atoms with Gasteiger partial charge in [0, 0.05) is 22.7 Å². The lowest BCUT2D eigenvalue weighted by molar-refractivity contribution is -0.124. The van der Waals surface area contributed by atoms with Crippen molar-refractivity contribution in [3.05, 3.63) is 60.2 Å².